The zero-order chi connectivity index (χ0) is 24.7. The van der Waals surface area contributed by atoms with E-state index in [0.29, 0.717) is 42.5 Å². The van der Waals surface area contributed by atoms with Gasteiger partial charge in [-0.05, 0) is 39.7 Å². The SMILES string of the molecule is CC(C)(C)OC(=O)N1CCC[C@H](Nc2ncc(C(F)(F)F)c(-c3c[nH]c4c(N)cccc34)n2)C1. The number of nitrogens with two attached hydrogens (primary N) is 1. The van der Waals surface area contributed by atoms with E-state index in [1.54, 1.807) is 43.9 Å². The van der Waals surface area contributed by atoms with Crippen molar-refractivity contribution >= 4 is 28.6 Å². The van der Waals surface area contributed by atoms with Crippen LogP contribution in [-0.4, -0.2) is 50.7 Å². The number of H-pyrrole nitrogens is 1. The Balaban J connectivity index is 1.63. The van der Waals surface area contributed by atoms with Gasteiger partial charge < -0.3 is 25.7 Å². The van der Waals surface area contributed by atoms with Gasteiger partial charge in [0.1, 0.15) is 11.2 Å². The van der Waals surface area contributed by atoms with Gasteiger partial charge in [0.2, 0.25) is 5.95 Å². The Morgan fingerprint density at radius 2 is 2.06 bits per heavy atom. The fourth-order valence-electron chi connectivity index (χ4n) is 4.01. The summed E-state index contributed by atoms with van der Waals surface area (Å²) in [5, 5.41) is 3.63. The van der Waals surface area contributed by atoms with Crippen LogP contribution in [0.5, 0.6) is 0 Å². The Morgan fingerprint density at radius 3 is 2.76 bits per heavy atom. The van der Waals surface area contributed by atoms with Crippen LogP contribution in [0.15, 0.2) is 30.6 Å². The van der Waals surface area contributed by atoms with Crippen LogP contribution >= 0.6 is 0 Å². The lowest BCUT2D eigenvalue weighted by molar-refractivity contribution is -0.137. The number of carbonyl (C=O) groups excluding carboxylic acids is 1. The molecule has 0 bridgehead atoms. The predicted molar refractivity (Wildman–Crippen MR) is 123 cm³/mol. The molecule has 0 saturated carbocycles. The number of benzene rings is 1. The topological polar surface area (TPSA) is 109 Å². The van der Waals surface area contributed by atoms with Crippen LogP contribution in [0.1, 0.15) is 39.2 Å². The standard InChI is InChI=1S/C23H27F3N6O2/c1-22(2,3)34-21(33)32-9-5-6-13(12-32)30-20-29-11-16(23(24,25)26)18(31-20)15-10-28-19-14(15)7-4-8-17(19)27/h4,7-8,10-11,13,28H,5-6,9,12,27H2,1-3H3,(H,29,30,31)/t13-/m0/s1. The van der Waals surface area contributed by atoms with E-state index in [4.69, 9.17) is 10.5 Å². The van der Waals surface area contributed by atoms with E-state index in [9.17, 15) is 18.0 Å². The molecule has 1 aliphatic heterocycles. The Hall–Kier alpha value is -3.50. The van der Waals surface area contributed by atoms with Crippen molar-refractivity contribution in [2.45, 2.75) is 51.4 Å². The summed E-state index contributed by atoms with van der Waals surface area (Å²) in [5.41, 5.74) is 5.39. The lowest BCUT2D eigenvalue weighted by atomic mass is 10.0. The summed E-state index contributed by atoms with van der Waals surface area (Å²) in [6, 6.07) is 4.80. The van der Waals surface area contributed by atoms with Gasteiger partial charge in [-0.1, -0.05) is 12.1 Å². The molecule has 4 N–H and O–H groups in total. The molecule has 182 valence electrons. The van der Waals surface area contributed by atoms with E-state index in [1.165, 1.54) is 6.20 Å². The molecule has 0 unspecified atom stereocenters. The maximum absolute atomic E-state index is 13.8. The van der Waals surface area contributed by atoms with Gasteiger partial charge in [0, 0.05) is 42.5 Å². The molecule has 34 heavy (non-hydrogen) atoms. The van der Waals surface area contributed by atoms with Crippen molar-refractivity contribution in [1.29, 1.82) is 0 Å². The number of rotatable bonds is 3. The van der Waals surface area contributed by atoms with E-state index < -0.39 is 23.4 Å². The third-order valence-electron chi connectivity index (χ3n) is 5.50. The van der Waals surface area contributed by atoms with Gasteiger partial charge in [0.05, 0.1) is 16.9 Å². The Labute approximate surface area is 194 Å². The van der Waals surface area contributed by atoms with Crippen LogP contribution in [0.2, 0.25) is 0 Å². The molecule has 1 aromatic carbocycles. The normalized spacial score (nSPS) is 17.1. The van der Waals surface area contributed by atoms with Gasteiger partial charge in [0.15, 0.2) is 0 Å². The van der Waals surface area contributed by atoms with Crippen molar-refractivity contribution in [2.75, 3.05) is 24.1 Å². The number of hydrogen-bond donors (Lipinski definition) is 3. The minimum Gasteiger partial charge on any atom is -0.444 e. The van der Waals surface area contributed by atoms with Gasteiger partial charge in [-0.3, -0.25) is 0 Å². The number of hydrogen-bond acceptors (Lipinski definition) is 6. The van der Waals surface area contributed by atoms with E-state index in [0.717, 1.165) is 6.20 Å². The fraction of sp³-hybridized carbons (Fsp3) is 0.435. The number of nitrogen functional groups attached to an aromatic ring is 1. The molecule has 0 aliphatic carbocycles. The van der Waals surface area contributed by atoms with E-state index in [-0.39, 0.29) is 23.2 Å². The number of aromatic amines is 1. The summed E-state index contributed by atoms with van der Waals surface area (Å²) in [5.74, 6) is 0.0530. The van der Waals surface area contributed by atoms with Gasteiger partial charge >= 0.3 is 12.3 Å². The lowest BCUT2D eigenvalue weighted by Gasteiger charge is -2.34. The van der Waals surface area contributed by atoms with Crippen LogP contribution < -0.4 is 11.1 Å². The highest BCUT2D eigenvalue weighted by Crippen LogP contribution is 2.39. The molecule has 3 heterocycles. The van der Waals surface area contributed by atoms with Crippen molar-refractivity contribution in [1.82, 2.24) is 19.9 Å². The van der Waals surface area contributed by atoms with Crippen molar-refractivity contribution in [2.24, 2.45) is 0 Å². The number of para-hydroxylation sites is 1. The smallest absolute Gasteiger partial charge is 0.419 e. The van der Waals surface area contributed by atoms with E-state index >= 15 is 0 Å². The second kappa shape index (κ2) is 8.69. The molecule has 1 fully saturated rings. The summed E-state index contributed by atoms with van der Waals surface area (Å²) in [6.07, 6.45) is -1.40. The average Bonchev–Trinajstić information content (AvgIpc) is 3.17. The molecule has 0 spiro atoms. The summed E-state index contributed by atoms with van der Waals surface area (Å²) < 4.78 is 46.8. The highest BCUT2D eigenvalue weighted by Gasteiger charge is 2.36. The summed E-state index contributed by atoms with van der Waals surface area (Å²) in [6.45, 7) is 6.25. The third-order valence-corrected chi connectivity index (χ3v) is 5.50. The molecule has 8 nitrogen and oxygen atoms in total. The molecule has 0 radical (unpaired) electrons. The molecule has 1 saturated heterocycles. The molecular weight excluding hydrogens is 449 g/mol. The van der Waals surface area contributed by atoms with Gasteiger partial charge in [0.25, 0.3) is 0 Å². The fourth-order valence-corrected chi connectivity index (χ4v) is 4.01. The number of ether oxygens (including phenoxy) is 1. The molecule has 1 aliphatic rings. The third kappa shape index (κ3) is 5.02. The lowest BCUT2D eigenvalue weighted by Crippen LogP contribution is -2.47. The largest absolute Gasteiger partial charge is 0.444 e. The number of aromatic nitrogens is 3. The molecule has 4 rings (SSSR count). The monoisotopic (exact) mass is 476 g/mol. The number of likely N-dealkylation sites (tertiary alicyclic amines) is 1. The molecular formula is C23H27F3N6O2. The number of amides is 1. The predicted octanol–water partition coefficient (Wildman–Crippen LogP) is 5.04. The van der Waals surface area contributed by atoms with Crippen LogP contribution in [0.25, 0.3) is 22.2 Å². The number of piperidine rings is 1. The highest BCUT2D eigenvalue weighted by atomic mass is 19.4. The van der Waals surface area contributed by atoms with Crippen molar-refractivity contribution in [3.8, 4) is 11.3 Å². The summed E-state index contributed by atoms with van der Waals surface area (Å²) >= 11 is 0. The zero-order valence-electron chi connectivity index (χ0n) is 19.2. The summed E-state index contributed by atoms with van der Waals surface area (Å²) in [4.78, 5) is 25.1. The number of alkyl halides is 3. The number of nitrogens with one attached hydrogen (secondary N) is 2. The first-order valence-corrected chi connectivity index (χ1v) is 11.0. The van der Waals surface area contributed by atoms with Gasteiger partial charge in [-0.15, -0.1) is 0 Å². The van der Waals surface area contributed by atoms with Crippen LogP contribution in [0.3, 0.4) is 0 Å². The van der Waals surface area contributed by atoms with Crippen LogP contribution in [0.4, 0.5) is 29.6 Å². The van der Waals surface area contributed by atoms with Crippen molar-refractivity contribution in [3.05, 3.63) is 36.2 Å². The Morgan fingerprint density at radius 1 is 1.29 bits per heavy atom. The molecule has 1 amide bonds. The minimum atomic E-state index is -4.64. The first kappa shape index (κ1) is 23.7. The number of halogens is 3. The minimum absolute atomic E-state index is 0.0530. The maximum atomic E-state index is 13.8. The van der Waals surface area contributed by atoms with E-state index in [2.05, 4.69) is 20.3 Å². The second-order valence-electron chi connectivity index (χ2n) is 9.34. The Kier molecular flexibility index (Phi) is 6.05. The highest BCUT2D eigenvalue weighted by molar-refractivity contribution is 6.00. The van der Waals surface area contributed by atoms with Gasteiger partial charge in [-0.25, -0.2) is 14.8 Å². The molecule has 1 atom stereocenters. The summed E-state index contributed by atoms with van der Waals surface area (Å²) in [7, 11) is 0. The average molecular weight is 477 g/mol. The first-order valence-electron chi connectivity index (χ1n) is 11.0. The van der Waals surface area contributed by atoms with E-state index in [1.807, 2.05) is 0 Å². The van der Waals surface area contributed by atoms with Crippen LogP contribution in [0, 0.1) is 0 Å². The molecule has 2 aromatic heterocycles. The number of fused-ring (bicyclic) bond motifs is 1. The zero-order valence-corrected chi connectivity index (χ0v) is 19.2. The second-order valence-corrected chi connectivity index (χ2v) is 9.34. The van der Waals surface area contributed by atoms with Gasteiger partial charge in [-0.2, -0.15) is 13.2 Å². The quantitative estimate of drug-likeness (QED) is 0.457. The molecule has 3 aromatic rings. The van der Waals surface area contributed by atoms with Crippen LogP contribution in [-0.2, 0) is 10.9 Å². The number of anilines is 2. The molecule has 11 heteroatoms. The number of carbonyl (C=O) groups is 1. The Bertz CT molecular complexity index is 1200. The first-order chi connectivity index (χ1) is 15.9. The van der Waals surface area contributed by atoms with Crippen molar-refractivity contribution < 1.29 is 22.7 Å². The van der Waals surface area contributed by atoms with Crippen molar-refractivity contribution in [3.63, 3.8) is 0 Å². The maximum Gasteiger partial charge on any atom is 0.419 e. The number of nitrogens with zero attached hydrogens (tertiary/aromatic N) is 3.